The second-order valence-electron chi connectivity index (χ2n) is 4.47. The van der Waals surface area contributed by atoms with Gasteiger partial charge >= 0.3 is 0 Å². The fourth-order valence-corrected chi connectivity index (χ4v) is 1.71. The van der Waals surface area contributed by atoms with E-state index in [0.29, 0.717) is 0 Å². The number of aliphatic hydroxyl groups excluding tert-OH is 1. The second kappa shape index (κ2) is 5.27. The number of hydrogen-bond donors (Lipinski definition) is 1. The molecule has 0 aliphatic rings. The van der Waals surface area contributed by atoms with Crippen molar-refractivity contribution in [1.29, 1.82) is 0 Å². The largest absolute Gasteiger partial charge is 0.386 e. The van der Waals surface area contributed by atoms with Gasteiger partial charge in [-0.2, -0.15) is 5.10 Å². The van der Waals surface area contributed by atoms with Gasteiger partial charge in [-0.25, -0.2) is 4.39 Å². The molecule has 5 heteroatoms. The van der Waals surface area contributed by atoms with Gasteiger partial charge in [-0.05, 0) is 32.0 Å². The molecular weight excluding hydrogens is 233 g/mol. The van der Waals surface area contributed by atoms with Gasteiger partial charge in [0.05, 0.1) is 5.69 Å². The van der Waals surface area contributed by atoms with Crippen LogP contribution in [0.2, 0.25) is 0 Å². The Hall–Kier alpha value is -1.75. The molecule has 0 radical (unpaired) electrons. The summed E-state index contributed by atoms with van der Waals surface area (Å²) in [4.78, 5) is 3.86. The predicted molar refractivity (Wildman–Crippen MR) is 65.5 cm³/mol. The van der Waals surface area contributed by atoms with E-state index in [0.717, 1.165) is 5.69 Å². The molecule has 0 amide bonds. The molecule has 2 rings (SSSR count). The van der Waals surface area contributed by atoms with Crippen LogP contribution in [0.1, 0.15) is 37.4 Å². The molecule has 0 bridgehead atoms. The lowest BCUT2D eigenvalue weighted by molar-refractivity contribution is 0.166. The first-order valence-electron chi connectivity index (χ1n) is 5.90. The Bertz CT molecular complexity index is 524. The fraction of sp³-hybridized carbons (Fsp3) is 0.385. The Labute approximate surface area is 105 Å². The molecule has 2 aromatic heterocycles. The molecule has 18 heavy (non-hydrogen) atoms. The van der Waals surface area contributed by atoms with Gasteiger partial charge in [-0.1, -0.05) is 0 Å². The third-order valence-electron chi connectivity index (χ3n) is 2.70. The van der Waals surface area contributed by atoms with Crippen molar-refractivity contribution < 1.29 is 9.50 Å². The molecule has 0 aliphatic carbocycles. The lowest BCUT2D eigenvalue weighted by atomic mass is 10.1. The second-order valence-corrected chi connectivity index (χ2v) is 4.47. The molecule has 1 atom stereocenters. The van der Waals surface area contributed by atoms with E-state index in [9.17, 15) is 9.50 Å². The fourth-order valence-electron chi connectivity index (χ4n) is 1.71. The minimum Gasteiger partial charge on any atom is -0.386 e. The summed E-state index contributed by atoms with van der Waals surface area (Å²) in [7, 11) is 0. The van der Waals surface area contributed by atoms with E-state index in [1.54, 1.807) is 4.68 Å². The van der Waals surface area contributed by atoms with Gasteiger partial charge in [0.15, 0.2) is 0 Å². The van der Waals surface area contributed by atoms with Crippen molar-refractivity contribution in [1.82, 2.24) is 14.8 Å². The molecule has 0 aromatic carbocycles. The first-order chi connectivity index (χ1) is 8.58. The maximum atomic E-state index is 13.4. The third kappa shape index (κ3) is 2.73. The highest BCUT2D eigenvalue weighted by atomic mass is 19.1. The van der Waals surface area contributed by atoms with Gasteiger partial charge in [-0.3, -0.25) is 9.67 Å². The molecule has 0 spiro atoms. The van der Waals surface area contributed by atoms with Crippen molar-refractivity contribution in [2.75, 3.05) is 0 Å². The van der Waals surface area contributed by atoms with Crippen molar-refractivity contribution in [2.24, 2.45) is 0 Å². The highest BCUT2D eigenvalue weighted by Crippen LogP contribution is 2.18. The van der Waals surface area contributed by atoms with Crippen LogP contribution in [0.4, 0.5) is 4.39 Å². The first kappa shape index (κ1) is 12.7. The highest BCUT2D eigenvalue weighted by molar-refractivity contribution is 5.13. The molecule has 1 unspecified atom stereocenters. The van der Waals surface area contributed by atoms with Crippen LogP contribution in [0.3, 0.4) is 0 Å². The lowest BCUT2D eigenvalue weighted by Crippen LogP contribution is -2.08. The standard InChI is InChI=1S/C13H16FN3O/c1-9(2)17-7-5-10(16-17)8-12(18)13-11(14)4-3-6-15-13/h3-7,9,12,18H,8H2,1-2H3. The summed E-state index contributed by atoms with van der Waals surface area (Å²) in [5.74, 6) is -0.492. The predicted octanol–water partition coefficient (Wildman–Crippen LogP) is 2.27. The normalized spacial score (nSPS) is 12.9. The Morgan fingerprint density at radius 3 is 2.78 bits per heavy atom. The van der Waals surface area contributed by atoms with E-state index < -0.39 is 11.9 Å². The molecule has 2 aromatic rings. The van der Waals surface area contributed by atoms with Gasteiger partial charge in [0, 0.05) is 24.9 Å². The van der Waals surface area contributed by atoms with Gasteiger partial charge in [0.2, 0.25) is 0 Å². The van der Waals surface area contributed by atoms with Crippen molar-refractivity contribution in [2.45, 2.75) is 32.4 Å². The van der Waals surface area contributed by atoms with Crippen LogP contribution in [-0.4, -0.2) is 19.9 Å². The number of pyridine rings is 1. The summed E-state index contributed by atoms with van der Waals surface area (Å²) in [6.45, 7) is 4.04. The van der Waals surface area contributed by atoms with Crippen LogP contribution in [0, 0.1) is 5.82 Å². The maximum absolute atomic E-state index is 13.4. The van der Waals surface area contributed by atoms with Crippen molar-refractivity contribution in [3.63, 3.8) is 0 Å². The van der Waals surface area contributed by atoms with E-state index in [2.05, 4.69) is 10.1 Å². The minimum atomic E-state index is -0.971. The number of aliphatic hydroxyl groups is 1. The first-order valence-corrected chi connectivity index (χ1v) is 5.90. The zero-order chi connectivity index (χ0) is 13.1. The smallest absolute Gasteiger partial charge is 0.147 e. The zero-order valence-corrected chi connectivity index (χ0v) is 10.4. The van der Waals surface area contributed by atoms with E-state index in [4.69, 9.17) is 0 Å². The van der Waals surface area contributed by atoms with E-state index >= 15 is 0 Å². The summed E-state index contributed by atoms with van der Waals surface area (Å²) < 4.78 is 15.2. The number of aromatic nitrogens is 3. The van der Waals surface area contributed by atoms with E-state index in [1.165, 1.54) is 18.3 Å². The Morgan fingerprint density at radius 2 is 2.17 bits per heavy atom. The van der Waals surface area contributed by atoms with Crippen molar-refractivity contribution >= 4 is 0 Å². The molecule has 0 saturated heterocycles. The molecule has 96 valence electrons. The SMILES string of the molecule is CC(C)n1ccc(CC(O)c2ncccc2F)n1. The molecule has 2 heterocycles. The average Bonchev–Trinajstić information content (AvgIpc) is 2.78. The molecule has 0 fully saturated rings. The number of rotatable bonds is 4. The average molecular weight is 249 g/mol. The van der Waals surface area contributed by atoms with Crippen LogP contribution < -0.4 is 0 Å². The summed E-state index contributed by atoms with van der Waals surface area (Å²) in [6, 6.07) is 4.88. The maximum Gasteiger partial charge on any atom is 0.147 e. The monoisotopic (exact) mass is 249 g/mol. The molecule has 4 nitrogen and oxygen atoms in total. The molecular formula is C13H16FN3O. The van der Waals surface area contributed by atoms with Crippen molar-refractivity contribution in [3.8, 4) is 0 Å². The minimum absolute atomic E-state index is 0.0663. The van der Waals surface area contributed by atoms with E-state index in [-0.39, 0.29) is 18.2 Å². The summed E-state index contributed by atoms with van der Waals surface area (Å²) in [5.41, 5.74) is 0.790. The molecule has 1 N–H and O–H groups in total. The quantitative estimate of drug-likeness (QED) is 0.904. The molecule has 0 aliphatic heterocycles. The lowest BCUT2D eigenvalue weighted by Gasteiger charge is -2.09. The van der Waals surface area contributed by atoms with Crippen LogP contribution in [0.25, 0.3) is 0 Å². The van der Waals surface area contributed by atoms with Gasteiger partial charge < -0.3 is 5.11 Å². The third-order valence-corrected chi connectivity index (χ3v) is 2.70. The summed E-state index contributed by atoms with van der Waals surface area (Å²) in [5, 5.41) is 14.3. The van der Waals surface area contributed by atoms with E-state index in [1.807, 2.05) is 26.1 Å². The zero-order valence-electron chi connectivity index (χ0n) is 10.4. The number of nitrogens with zero attached hydrogens (tertiary/aromatic N) is 3. The van der Waals surface area contributed by atoms with Gasteiger partial charge in [0.1, 0.15) is 17.6 Å². The summed E-state index contributed by atoms with van der Waals surface area (Å²) in [6.07, 6.45) is 2.60. The van der Waals surface area contributed by atoms with Crippen LogP contribution in [-0.2, 0) is 6.42 Å². The molecule has 0 saturated carbocycles. The number of halogens is 1. The Balaban J connectivity index is 2.11. The topological polar surface area (TPSA) is 50.9 Å². The van der Waals surface area contributed by atoms with Crippen LogP contribution >= 0.6 is 0 Å². The van der Waals surface area contributed by atoms with Crippen LogP contribution in [0.15, 0.2) is 30.6 Å². The van der Waals surface area contributed by atoms with Crippen molar-refractivity contribution in [3.05, 3.63) is 47.8 Å². The Kier molecular flexibility index (Phi) is 3.72. The van der Waals surface area contributed by atoms with Gasteiger partial charge in [0.25, 0.3) is 0 Å². The number of hydrogen-bond acceptors (Lipinski definition) is 3. The Morgan fingerprint density at radius 1 is 1.39 bits per heavy atom. The van der Waals surface area contributed by atoms with Crippen LogP contribution in [0.5, 0.6) is 0 Å². The summed E-state index contributed by atoms with van der Waals surface area (Å²) >= 11 is 0. The highest BCUT2D eigenvalue weighted by Gasteiger charge is 2.16. The van der Waals surface area contributed by atoms with Gasteiger partial charge in [-0.15, -0.1) is 0 Å².